The summed E-state index contributed by atoms with van der Waals surface area (Å²) in [5, 5.41) is 10.8. The first kappa shape index (κ1) is 19.7. The molecule has 2 aromatic heterocycles. The largest absolute Gasteiger partial charge is 0.497 e. The van der Waals surface area contributed by atoms with Crippen molar-refractivity contribution in [2.75, 3.05) is 7.11 Å². The molecule has 0 saturated carbocycles. The van der Waals surface area contributed by atoms with Gasteiger partial charge >= 0.3 is 0 Å². The third-order valence-corrected chi connectivity index (χ3v) is 6.26. The van der Waals surface area contributed by atoms with E-state index in [-0.39, 0.29) is 5.56 Å². The average molecular weight is 449 g/mol. The molecule has 0 atom stereocenters. The Morgan fingerprint density at radius 3 is 2.45 bits per heavy atom. The van der Waals surface area contributed by atoms with Crippen molar-refractivity contribution in [2.24, 2.45) is 0 Å². The second-order valence-corrected chi connectivity index (χ2v) is 8.27. The van der Waals surface area contributed by atoms with E-state index in [1.54, 1.807) is 23.4 Å². The summed E-state index contributed by atoms with van der Waals surface area (Å²) in [5.41, 5.74) is 2.45. The van der Waals surface area contributed by atoms with Crippen LogP contribution in [0.5, 0.6) is 5.75 Å². The van der Waals surface area contributed by atoms with Crippen molar-refractivity contribution in [3.05, 3.63) is 93.7 Å². The molecule has 3 aromatic carbocycles. The molecule has 0 aliphatic heterocycles. The molecule has 0 saturated heterocycles. The fraction of sp³-hybridized carbons (Fsp3) is 0.0870. The number of thioether (sulfide) groups is 1. The lowest BCUT2D eigenvalue weighted by Crippen LogP contribution is -2.21. The van der Waals surface area contributed by atoms with Gasteiger partial charge in [-0.2, -0.15) is 0 Å². The van der Waals surface area contributed by atoms with Crippen LogP contribution in [0.4, 0.5) is 0 Å². The van der Waals surface area contributed by atoms with Crippen LogP contribution in [0.1, 0.15) is 5.56 Å². The molecule has 8 heteroatoms. The fourth-order valence-electron chi connectivity index (χ4n) is 3.46. The van der Waals surface area contributed by atoms with E-state index in [9.17, 15) is 4.79 Å². The molecule has 0 amide bonds. The van der Waals surface area contributed by atoms with Gasteiger partial charge in [-0.05, 0) is 54.1 Å². The molecule has 5 rings (SSSR count). The van der Waals surface area contributed by atoms with Gasteiger partial charge in [0.25, 0.3) is 5.56 Å². The molecule has 154 valence electrons. The normalized spacial score (nSPS) is 11.3. The van der Waals surface area contributed by atoms with Crippen LogP contribution in [0, 0.1) is 0 Å². The highest BCUT2D eigenvalue weighted by molar-refractivity contribution is 7.98. The van der Waals surface area contributed by atoms with Gasteiger partial charge in [0, 0.05) is 10.8 Å². The first-order valence-corrected chi connectivity index (χ1v) is 10.9. The Morgan fingerprint density at radius 2 is 1.71 bits per heavy atom. The molecular weight excluding hydrogens is 432 g/mol. The van der Waals surface area contributed by atoms with Gasteiger partial charge in [-0.3, -0.25) is 9.20 Å². The lowest BCUT2D eigenvalue weighted by Gasteiger charge is -2.12. The highest BCUT2D eigenvalue weighted by Gasteiger charge is 2.18. The second kappa shape index (κ2) is 8.09. The first-order valence-electron chi connectivity index (χ1n) is 9.56. The number of methoxy groups -OCH3 is 1. The van der Waals surface area contributed by atoms with Crippen LogP contribution >= 0.6 is 23.4 Å². The van der Waals surface area contributed by atoms with Crippen molar-refractivity contribution in [2.45, 2.75) is 10.9 Å². The Hall–Kier alpha value is -3.29. The quantitative estimate of drug-likeness (QED) is 0.354. The maximum Gasteiger partial charge on any atom is 0.267 e. The van der Waals surface area contributed by atoms with Gasteiger partial charge < -0.3 is 4.74 Å². The molecule has 0 fully saturated rings. The Kier molecular flexibility index (Phi) is 5.13. The van der Waals surface area contributed by atoms with E-state index in [1.807, 2.05) is 77.2 Å². The van der Waals surface area contributed by atoms with Gasteiger partial charge in [-0.1, -0.05) is 47.6 Å². The van der Waals surface area contributed by atoms with Crippen LogP contribution in [0.15, 0.2) is 82.7 Å². The molecule has 0 N–H and O–H groups in total. The molecule has 0 unspecified atom stereocenters. The summed E-state index contributed by atoms with van der Waals surface area (Å²) in [6.45, 7) is 0. The van der Waals surface area contributed by atoms with Crippen molar-refractivity contribution in [1.29, 1.82) is 0 Å². The topological polar surface area (TPSA) is 61.4 Å². The van der Waals surface area contributed by atoms with Gasteiger partial charge in [-0.25, -0.2) is 4.57 Å². The van der Waals surface area contributed by atoms with Gasteiger partial charge in [0.2, 0.25) is 5.78 Å². The highest BCUT2D eigenvalue weighted by Crippen LogP contribution is 2.26. The van der Waals surface area contributed by atoms with Crippen molar-refractivity contribution >= 4 is 40.0 Å². The number of para-hydroxylation sites is 1. The second-order valence-electron chi connectivity index (χ2n) is 6.89. The summed E-state index contributed by atoms with van der Waals surface area (Å²) in [6, 6.07) is 22.5. The minimum absolute atomic E-state index is 0.144. The number of rotatable bonds is 5. The van der Waals surface area contributed by atoms with Crippen molar-refractivity contribution in [3.63, 3.8) is 0 Å². The van der Waals surface area contributed by atoms with E-state index in [0.29, 0.717) is 38.5 Å². The molecule has 0 aliphatic carbocycles. The summed E-state index contributed by atoms with van der Waals surface area (Å²) in [5.74, 6) is 1.88. The molecule has 0 bridgehead atoms. The lowest BCUT2D eigenvalue weighted by molar-refractivity contribution is 0.414. The molecule has 31 heavy (non-hydrogen) atoms. The molecule has 0 spiro atoms. The minimum Gasteiger partial charge on any atom is -0.497 e. The Bertz CT molecular complexity index is 1440. The third-order valence-electron chi connectivity index (χ3n) is 5.01. The molecule has 0 radical (unpaired) electrons. The summed E-state index contributed by atoms with van der Waals surface area (Å²) in [7, 11) is 1.61. The van der Waals surface area contributed by atoms with Crippen LogP contribution in [0.3, 0.4) is 0 Å². The van der Waals surface area contributed by atoms with Crippen molar-refractivity contribution in [3.8, 4) is 11.4 Å². The smallest absolute Gasteiger partial charge is 0.267 e. The SMILES string of the molecule is COc1ccc(-n2c(=O)c3ccccc3n3c(SCc4ccc(Cl)cc4)nnc23)cc1. The predicted octanol–water partition coefficient (Wildman–Crippen LogP) is 4.99. The Labute approximate surface area is 187 Å². The van der Waals surface area contributed by atoms with Crippen LogP contribution in [0.25, 0.3) is 22.4 Å². The number of halogens is 1. The van der Waals surface area contributed by atoms with Crippen LogP contribution < -0.4 is 10.3 Å². The lowest BCUT2D eigenvalue weighted by atomic mass is 10.2. The van der Waals surface area contributed by atoms with Crippen LogP contribution in [-0.4, -0.2) is 26.3 Å². The van der Waals surface area contributed by atoms with Crippen molar-refractivity contribution in [1.82, 2.24) is 19.2 Å². The third kappa shape index (κ3) is 3.56. The molecular formula is C23H17ClN4O2S. The number of nitrogens with zero attached hydrogens (tertiary/aromatic N) is 4. The predicted molar refractivity (Wildman–Crippen MR) is 124 cm³/mol. The molecule has 2 heterocycles. The highest BCUT2D eigenvalue weighted by atomic mass is 35.5. The Balaban J connectivity index is 1.68. The number of benzene rings is 3. The number of fused-ring (bicyclic) bond motifs is 3. The van der Waals surface area contributed by atoms with Gasteiger partial charge in [0.1, 0.15) is 5.75 Å². The fourth-order valence-corrected chi connectivity index (χ4v) is 4.49. The van der Waals surface area contributed by atoms with Crippen molar-refractivity contribution < 1.29 is 4.74 Å². The summed E-state index contributed by atoms with van der Waals surface area (Å²) in [4.78, 5) is 13.3. The van der Waals surface area contributed by atoms with Crippen LogP contribution in [0.2, 0.25) is 5.02 Å². The van der Waals surface area contributed by atoms with E-state index < -0.39 is 0 Å². The number of ether oxygens (including phenoxy) is 1. The first-order chi connectivity index (χ1) is 15.2. The van der Waals surface area contributed by atoms with E-state index >= 15 is 0 Å². The monoisotopic (exact) mass is 448 g/mol. The zero-order chi connectivity index (χ0) is 21.4. The zero-order valence-electron chi connectivity index (χ0n) is 16.5. The molecule has 5 aromatic rings. The number of hydrogen-bond acceptors (Lipinski definition) is 5. The molecule has 6 nitrogen and oxygen atoms in total. The zero-order valence-corrected chi connectivity index (χ0v) is 18.1. The van der Waals surface area contributed by atoms with E-state index in [4.69, 9.17) is 16.3 Å². The Morgan fingerprint density at radius 1 is 0.968 bits per heavy atom. The maximum atomic E-state index is 13.3. The van der Waals surface area contributed by atoms with Gasteiger partial charge in [-0.15, -0.1) is 10.2 Å². The maximum absolute atomic E-state index is 13.3. The standard InChI is InChI=1S/C23H17ClN4O2S/c1-30-18-12-10-17(11-13-18)27-21(29)19-4-2-3-5-20(19)28-22(27)25-26-23(28)31-14-15-6-8-16(24)9-7-15/h2-13H,14H2,1H3. The summed E-state index contributed by atoms with van der Waals surface area (Å²) < 4.78 is 8.76. The number of aromatic nitrogens is 4. The van der Waals surface area contributed by atoms with Crippen LogP contribution in [-0.2, 0) is 5.75 Å². The summed E-state index contributed by atoms with van der Waals surface area (Å²) in [6.07, 6.45) is 0. The average Bonchev–Trinajstić information content (AvgIpc) is 3.23. The van der Waals surface area contributed by atoms with E-state index in [1.165, 1.54) is 0 Å². The number of hydrogen-bond donors (Lipinski definition) is 0. The van der Waals surface area contributed by atoms with E-state index in [0.717, 1.165) is 11.1 Å². The summed E-state index contributed by atoms with van der Waals surface area (Å²) >= 11 is 7.55. The van der Waals surface area contributed by atoms with E-state index in [2.05, 4.69) is 10.2 Å². The van der Waals surface area contributed by atoms with Gasteiger partial charge in [0.15, 0.2) is 5.16 Å². The van der Waals surface area contributed by atoms with Gasteiger partial charge in [0.05, 0.1) is 23.7 Å². The molecule has 0 aliphatic rings. The minimum atomic E-state index is -0.144.